The SMILES string of the molecule is CS[C@@H]1OC2COC(c3ccccc3)O[C@@H]2[C@H](N=[N+]=[N-])C1OC(=O)c1ccccc1. The van der Waals surface area contributed by atoms with Crippen LogP contribution < -0.4 is 0 Å². The topological polar surface area (TPSA) is 103 Å². The predicted octanol–water partition coefficient (Wildman–Crippen LogP) is 4.09. The maximum atomic E-state index is 12.7. The van der Waals surface area contributed by atoms with Crippen LogP contribution in [0.15, 0.2) is 65.8 Å². The third kappa shape index (κ3) is 4.30. The Hall–Kier alpha value is -2.55. The average Bonchev–Trinajstić information content (AvgIpc) is 2.81. The van der Waals surface area contributed by atoms with Gasteiger partial charge in [0.05, 0.1) is 12.2 Å². The van der Waals surface area contributed by atoms with Crippen LogP contribution in [0, 0.1) is 0 Å². The largest absolute Gasteiger partial charge is 0.455 e. The van der Waals surface area contributed by atoms with E-state index in [1.54, 1.807) is 24.3 Å². The fourth-order valence-electron chi connectivity index (χ4n) is 3.62. The van der Waals surface area contributed by atoms with E-state index < -0.39 is 42.0 Å². The molecular formula is C21H21N3O5S. The van der Waals surface area contributed by atoms with E-state index in [0.29, 0.717) is 5.56 Å². The normalized spacial score (nSPS) is 30.6. The number of hydrogen-bond donors (Lipinski definition) is 0. The van der Waals surface area contributed by atoms with Gasteiger partial charge < -0.3 is 18.9 Å². The van der Waals surface area contributed by atoms with Gasteiger partial charge in [-0.05, 0) is 23.9 Å². The van der Waals surface area contributed by atoms with Crippen molar-refractivity contribution in [1.82, 2.24) is 0 Å². The number of fused-ring (bicyclic) bond motifs is 1. The first kappa shape index (κ1) is 20.7. The smallest absolute Gasteiger partial charge is 0.338 e. The summed E-state index contributed by atoms with van der Waals surface area (Å²) < 4.78 is 23.8. The quantitative estimate of drug-likeness (QED) is 0.308. The molecule has 0 amide bonds. The van der Waals surface area contributed by atoms with Crippen LogP contribution in [0.3, 0.4) is 0 Å². The minimum Gasteiger partial charge on any atom is -0.455 e. The van der Waals surface area contributed by atoms with E-state index >= 15 is 0 Å². The van der Waals surface area contributed by atoms with Crippen molar-refractivity contribution in [2.45, 2.75) is 36.1 Å². The summed E-state index contributed by atoms with van der Waals surface area (Å²) in [6.07, 6.45) is -0.636. The molecule has 0 aromatic heterocycles. The second kappa shape index (κ2) is 9.51. The van der Waals surface area contributed by atoms with E-state index in [-0.39, 0.29) is 6.61 Å². The van der Waals surface area contributed by atoms with Crippen molar-refractivity contribution in [2.24, 2.45) is 5.11 Å². The Morgan fingerprint density at radius 3 is 2.50 bits per heavy atom. The highest BCUT2D eigenvalue weighted by molar-refractivity contribution is 7.99. The first-order valence-corrected chi connectivity index (χ1v) is 10.8. The number of hydrogen-bond acceptors (Lipinski definition) is 7. The Kier molecular flexibility index (Phi) is 6.56. The van der Waals surface area contributed by atoms with E-state index in [1.807, 2.05) is 42.7 Å². The van der Waals surface area contributed by atoms with Crippen molar-refractivity contribution in [2.75, 3.05) is 12.9 Å². The molecule has 2 aromatic carbocycles. The van der Waals surface area contributed by atoms with Gasteiger partial charge in [-0.15, -0.1) is 11.8 Å². The first-order valence-electron chi connectivity index (χ1n) is 9.51. The number of thioether (sulfide) groups is 1. The number of nitrogens with zero attached hydrogens (tertiary/aromatic N) is 3. The predicted molar refractivity (Wildman–Crippen MR) is 111 cm³/mol. The highest BCUT2D eigenvalue weighted by Crippen LogP contribution is 2.38. The lowest BCUT2D eigenvalue weighted by Crippen LogP contribution is -2.61. The summed E-state index contributed by atoms with van der Waals surface area (Å²) in [6.45, 7) is 0.276. The van der Waals surface area contributed by atoms with Crippen molar-refractivity contribution in [3.05, 3.63) is 82.2 Å². The first-order chi connectivity index (χ1) is 14.7. The van der Waals surface area contributed by atoms with Gasteiger partial charge in [0.15, 0.2) is 6.29 Å². The zero-order valence-electron chi connectivity index (χ0n) is 16.2. The van der Waals surface area contributed by atoms with E-state index in [0.717, 1.165) is 5.56 Å². The Labute approximate surface area is 178 Å². The van der Waals surface area contributed by atoms with Crippen LogP contribution in [0.25, 0.3) is 10.4 Å². The number of ether oxygens (including phenoxy) is 4. The van der Waals surface area contributed by atoms with Gasteiger partial charge in [0.25, 0.3) is 0 Å². The average molecular weight is 427 g/mol. The van der Waals surface area contributed by atoms with Crippen molar-refractivity contribution < 1.29 is 23.7 Å². The molecule has 30 heavy (non-hydrogen) atoms. The molecule has 0 saturated carbocycles. The molecule has 0 N–H and O–H groups in total. The van der Waals surface area contributed by atoms with Crippen molar-refractivity contribution >= 4 is 17.7 Å². The van der Waals surface area contributed by atoms with Crippen LogP contribution in [-0.2, 0) is 18.9 Å². The molecule has 0 aliphatic carbocycles. The van der Waals surface area contributed by atoms with Gasteiger partial charge in [-0.25, -0.2) is 4.79 Å². The lowest BCUT2D eigenvalue weighted by Gasteiger charge is -2.47. The van der Waals surface area contributed by atoms with Gasteiger partial charge in [-0.3, -0.25) is 0 Å². The summed E-state index contributed by atoms with van der Waals surface area (Å²) in [6, 6.07) is 17.4. The van der Waals surface area contributed by atoms with Crippen molar-refractivity contribution in [1.29, 1.82) is 0 Å². The Bertz CT molecular complexity index is 909. The molecule has 2 aliphatic heterocycles. The van der Waals surface area contributed by atoms with Crippen molar-refractivity contribution in [3.8, 4) is 0 Å². The Balaban J connectivity index is 1.59. The molecule has 156 valence electrons. The Morgan fingerprint density at radius 1 is 1.13 bits per heavy atom. The third-order valence-corrected chi connectivity index (χ3v) is 5.89. The van der Waals surface area contributed by atoms with Crippen LogP contribution >= 0.6 is 11.8 Å². The number of benzene rings is 2. The summed E-state index contributed by atoms with van der Waals surface area (Å²) in [4.78, 5) is 15.7. The van der Waals surface area contributed by atoms with E-state index in [4.69, 9.17) is 18.9 Å². The zero-order chi connectivity index (χ0) is 20.9. The van der Waals surface area contributed by atoms with Crippen LogP contribution in [0.2, 0.25) is 0 Å². The van der Waals surface area contributed by atoms with E-state index in [2.05, 4.69) is 10.0 Å². The minimum absolute atomic E-state index is 0.276. The molecule has 6 atom stereocenters. The fraction of sp³-hybridized carbons (Fsp3) is 0.381. The Morgan fingerprint density at radius 2 is 1.83 bits per heavy atom. The van der Waals surface area contributed by atoms with E-state index in [1.165, 1.54) is 11.8 Å². The van der Waals surface area contributed by atoms with Crippen molar-refractivity contribution in [3.63, 3.8) is 0 Å². The fourth-order valence-corrected chi connectivity index (χ4v) is 4.36. The van der Waals surface area contributed by atoms with Crippen LogP contribution in [0.4, 0.5) is 0 Å². The van der Waals surface area contributed by atoms with Gasteiger partial charge in [0, 0.05) is 10.5 Å². The molecule has 0 bridgehead atoms. The van der Waals surface area contributed by atoms with E-state index in [9.17, 15) is 10.3 Å². The van der Waals surface area contributed by atoms with Gasteiger partial charge in [-0.2, -0.15) is 0 Å². The van der Waals surface area contributed by atoms with Gasteiger partial charge in [0.1, 0.15) is 29.8 Å². The number of rotatable bonds is 5. The molecule has 2 heterocycles. The molecule has 9 heteroatoms. The molecule has 2 saturated heterocycles. The number of carbonyl (C=O) groups excluding carboxylic acids is 1. The summed E-state index contributed by atoms with van der Waals surface area (Å²) in [5.74, 6) is -0.508. The zero-order valence-corrected chi connectivity index (χ0v) is 17.1. The van der Waals surface area contributed by atoms with Crippen LogP contribution in [-0.4, -0.2) is 48.6 Å². The molecule has 2 aromatic rings. The summed E-state index contributed by atoms with van der Waals surface area (Å²) in [5, 5.41) is 3.95. The molecule has 2 aliphatic rings. The maximum Gasteiger partial charge on any atom is 0.338 e. The number of esters is 1. The summed E-state index contributed by atoms with van der Waals surface area (Å²) >= 11 is 1.38. The third-order valence-electron chi connectivity index (χ3n) is 5.05. The lowest BCUT2D eigenvalue weighted by molar-refractivity contribution is -0.296. The maximum absolute atomic E-state index is 12.7. The molecule has 0 radical (unpaired) electrons. The second-order valence-corrected chi connectivity index (χ2v) is 7.82. The number of carbonyl (C=O) groups is 1. The van der Waals surface area contributed by atoms with Crippen LogP contribution in [0.1, 0.15) is 22.2 Å². The van der Waals surface area contributed by atoms with Gasteiger partial charge in [-0.1, -0.05) is 53.6 Å². The standard InChI is InChI=1S/C21H21N3O5S/c1-30-21-18(28-19(25)13-8-4-2-5-9-13)16(23-24-22)17-15(27-21)12-26-20(29-17)14-10-6-3-7-11-14/h2-11,15-18,20-21H,12H2,1H3/t15?,16-,17-,18?,20?,21-/m0/s1. The monoisotopic (exact) mass is 427 g/mol. The summed E-state index contributed by atoms with van der Waals surface area (Å²) in [7, 11) is 0. The molecular weight excluding hydrogens is 406 g/mol. The highest BCUT2D eigenvalue weighted by Gasteiger charge is 2.51. The molecule has 3 unspecified atom stereocenters. The van der Waals surface area contributed by atoms with Gasteiger partial charge >= 0.3 is 5.97 Å². The molecule has 2 fully saturated rings. The molecule has 0 spiro atoms. The summed E-state index contributed by atoms with van der Waals surface area (Å²) in [5.41, 5.74) is 9.94. The van der Waals surface area contributed by atoms with Crippen LogP contribution in [0.5, 0.6) is 0 Å². The van der Waals surface area contributed by atoms with Gasteiger partial charge in [0.2, 0.25) is 0 Å². The second-order valence-electron chi connectivity index (χ2n) is 6.89. The molecule has 8 nitrogen and oxygen atoms in total. The highest BCUT2D eigenvalue weighted by atomic mass is 32.2. The number of azide groups is 1. The molecule has 4 rings (SSSR count). The lowest BCUT2D eigenvalue weighted by atomic mass is 9.96. The minimum atomic E-state index is -0.806.